The standard InChI is InChI=1S/C60H71FN10O17/c1-3-60(83)40-28-45-56-38(33-71(45)58(81)39(40)34-88-59(60)82)55-42(10-9-37-35(2)41(61)29-43(69-56)54(37)55)67-48(74)13-16-62-49(75)31-66-57(80)44(27-36-7-5-4-6-8-36)68-51(77)32-65-50(76)30-64-47(73)15-19-84-21-23-86-25-26-87-24-22-85-20-17-63-46(72)14-18-70-52(78)11-12-53(70)79/h4-8,11-12,28-29,42,44,83H,3,9-10,13-27,30-34H2,1-2H3,(H,62,75)(H,63,72)(H,64,73)(H,65,76)(H,66,80)(H,67,74)(H,68,77)/t42?,44-,60-/m0/s1. The fourth-order valence-electron chi connectivity index (χ4n) is 10.6. The van der Waals surface area contributed by atoms with Crippen LogP contribution < -0.4 is 42.8 Å². The first-order valence-corrected chi connectivity index (χ1v) is 29.0. The number of aliphatic hydroxyl groups is 1. The van der Waals surface area contributed by atoms with Crippen LogP contribution in [-0.2, 0) is 103 Å². The molecule has 0 radical (unpaired) electrons. The highest BCUT2D eigenvalue weighted by atomic mass is 19.1. The zero-order valence-electron chi connectivity index (χ0n) is 48.8. The van der Waals surface area contributed by atoms with E-state index in [2.05, 4.69) is 37.2 Å². The lowest BCUT2D eigenvalue weighted by atomic mass is 9.81. The molecule has 4 aromatic rings. The Morgan fingerprint density at radius 1 is 0.727 bits per heavy atom. The van der Waals surface area contributed by atoms with Gasteiger partial charge in [-0.3, -0.25) is 52.8 Å². The third kappa shape index (κ3) is 16.4. The van der Waals surface area contributed by atoms with Gasteiger partial charge >= 0.3 is 5.97 Å². The van der Waals surface area contributed by atoms with Gasteiger partial charge in [0.1, 0.15) is 18.5 Å². The summed E-state index contributed by atoms with van der Waals surface area (Å²) >= 11 is 0. The first-order chi connectivity index (χ1) is 42.4. The van der Waals surface area contributed by atoms with Crippen molar-refractivity contribution in [2.24, 2.45) is 0 Å². The van der Waals surface area contributed by atoms with Crippen molar-refractivity contribution in [3.63, 3.8) is 0 Å². The second-order valence-corrected chi connectivity index (χ2v) is 21.1. The molecule has 5 heterocycles. The summed E-state index contributed by atoms with van der Waals surface area (Å²) in [7, 11) is 0. The average molecular weight is 1220 g/mol. The number of hydrogen-bond acceptors (Lipinski definition) is 18. The largest absolute Gasteiger partial charge is 0.458 e. The van der Waals surface area contributed by atoms with Crippen LogP contribution in [0, 0.1) is 12.7 Å². The maximum atomic E-state index is 15.4. The van der Waals surface area contributed by atoms with Gasteiger partial charge in [-0.25, -0.2) is 14.2 Å². The highest BCUT2D eigenvalue weighted by Crippen LogP contribution is 2.46. The SMILES string of the molecule is CC[C@@]1(O)C(=O)OCc2c1cc1n(c2=O)Cc2c-1nc1cc(F)c(C)c3c1c2C(NC(=O)CCNC(=O)CNC(=O)[C@H](Cc1ccccc1)NC(=O)CNC(=O)CNC(=O)CCOCCOCCOCCOCCNC(=O)CCN1C(=O)C=CC1=O)CC3. The van der Waals surface area contributed by atoms with Crippen LogP contribution in [0.1, 0.15) is 84.0 Å². The Bertz CT molecular complexity index is 3410. The highest BCUT2D eigenvalue weighted by molar-refractivity contribution is 6.13. The van der Waals surface area contributed by atoms with E-state index in [1.807, 2.05) is 0 Å². The van der Waals surface area contributed by atoms with Gasteiger partial charge < -0.3 is 70.6 Å². The van der Waals surface area contributed by atoms with Crippen LogP contribution in [0.4, 0.5) is 4.39 Å². The zero-order valence-corrected chi connectivity index (χ0v) is 48.8. The van der Waals surface area contributed by atoms with E-state index in [1.54, 1.807) is 50.2 Å². The van der Waals surface area contributed by atoms with Crippen LogP contribution in [0.2, 0.25) is 0 Å². The third-order valence-electron chi connectivity index (χ3n) is 15.3. The lowest BCUT2D eigenvalue weighted by molar-refractivity contribution is -0.172. The lowest BCUT2D eigenvalue weighted by Gasteiger charge is -2.31. The summed E-state index contributed by atoms with van der Waals surface area (Å²) in [6, 6.07) is 9.86. The average Bonchev–Trinajstić information content (AvgIpc) is 1.46. The first kappa shape index (κ1) is 65.2. The number of nitrogens with zero attached hydrogens (tertiary/aromatic N) is 3. The number of fused-ring (bicyclic) bond motifs is 5. The summed E-state index contributed by atoms with van der Waals surface area (Å²) in [4.78, 5) is 146. The van der Waals surface area contributed by atoms with Gasteiger partial charge in [0.15, 0.2) is 5.60 Å². The van der Waals surface area contributed by atoms with Crippen molar-refractivity contribution in [3.8, 4) is 11.4 Å². The number of amides is 9. The van der Waals surface area contributed by atoms with Crippen molar-refractivity contribution in [3.05, 3.63) is 110 Å². The number of carbonyl (C=O) groups excluding carboxylic acids is 10. The van der Waals surface area contributed by atoms with Gasteiger partial charge in [-0.05, 0) is 54.5 Å². The molecule has 8 rings (SSSR count). The molecule has 3 atom stereocenters. The number of nitrogens with one attached hydrogen (secondary N) is 7. The van der Waals surface area contributed by atoms with Crippen LogP contribution in [0.15, 0.2) is 59.4 Å². The minimum atomic E-state index is -2.06. The molecule has 3 aliphatic heterocycles. The van der Waals surface area contributed by atoms with Gasteiger partial charge in [-0.15, -0.1) is 0 Å². The van der Waals surface area contributed by atoms with Crippen molar-refractivity contribution in [2.75, 3.05) is 92.1 Å². The smallest absolute Gasteiger partial charge is 0.343 e. The molecule has 470 valence electrons. The van der Waals surface area contributed by atoms with Crippen molar-refractivity contribution >= 4 is 70.0 Å². The molecule has 9 amide bonds. The molecule has 1 unspecified atom stereocenters. The molecule has 4 aliphatic rings. The molecule has 2 aromatic carbocycles. The molecule has 88 heavy (non-hydrogen) atoms. The number of hydrogen-bond donors (Lipinski definition) is 8. The van der Waals surface area contributed by atoms with Gasteiger partial charge in [-0.1, -0.05) is 37.3 Å². The number of pyridine rings is 2. The Hall–Kier alpha value is -8.83. The normalized spacial score (nSPS) is 16.5. The van der Waals surface area contributed by atoms with Crippen LogP contribution in [0.25, 0.3) is 22.3 Å². The van der Waals surface area contributed by atoms with Crippen LogP contribution in [0.5, 0.6) is 0 Å². The van der Waals surface area contributed by atoms with E-state index in [1.165, 1.54) is 10.6 Å². The highest BCUT2D eigenvalue weighted by Gasteiger charge is 2.46. The maximum absolute atomic E-state index is 15.4. The molecule has 27 nitrogen and oxygen atoms in total. The number of halogens is 1. The van der Waals surface area contributed by atoms with E-state index < -0.39 is 102 Å². The Balaban J connectivity index is 0.701. The van der Waals surface area contributed by atoms with Crippen LogP contribution in [-0.4, -0.2) is 177 Å². The molecule has 0 saturated carbocycles. The zero-order chi connectivity index (χ0) is 62.9. The first-order valence-electron chi connectivity index (χ1n) is 29.0. The van der Waals surface area contributed by atoms with Gasteiger partial charge in [0.25, 0.3) is 17.4 Å². The predicted octanol–water partition coefficient (Wildman–Crippen LogP) is -0.899. The summed E-state index contributed by atoms with van der Waals surface area (Å²) < 4.78 is 43.8. The lowest BCUT2D eigenvalue weighted by Crippen LogP contribution is -2.52. The molecule has 0 fully saturated rings. The summed E-state index contributed by atoms with van der Waals surface area (Å²) in [5.41, 5.74) is 1.88. The van der Waals surface area contributed by atoms with E-state index in [-0.39, 0.29) is 122 Å². The molecule has 0 spiro atoms. The molecule has 0 bridgehead atoms. The summed E-state index contributed by atoms with van der Waals surface area (Å²) in [5, 5.41) is 30.3. The van der Waals surface area contributed by atoms with E-state index in [0.717, 1.165) is 22.6 Å². The Labute approximate surface area is 504 Å². The number of benzene rings is 2. The van der Waals surface area contributed by atoms with E-state index in [4.69, 9.17) is 28.7 Å². The summed E-state index contributed by atoms with van der Waals surface area (Å²) in [6.45, 7) is 3.58. The number of esters is 1. The number of cyclic esters (lactones) is 1. The monoisotopic (exact) mass is 1220 g/mol. The molecular weight excluding hydrogens is 1150 g/mol. The third-order valence-corrected chi connectivity index (χ3v) is 15.3. The minimum Gasteiger partial charge on any atom is -0.458 e. The van der Waals surface area contributed by atoms with Gasteiger partial charge in [-0.2, -0.15) is 0 Å². The number of imide groups is 1. The number of ether oxygens (including phenoxy) is 5. The van der Waals surface area contributed by atoms with Crippen LogP contribution >= 0.6 is 0 Å². The molecule has 0 saturated heterocycles. The summed E-state index contributed by atoms with van der Waals surface area (Å²) in [5.74, 6) is -6.17. The Morgan fingerprint density at radius 3 is 2.06 bits per heavy atom. The fourth-order valence-corrected chi connectivity index (χ4v) is 10.6. The molecular formula is C60H71FN10O17. The number of rotatable bonds is 33. The summed E-state index contributed by atoms with van der Waals surface area (Å²) in [6.07, 6.45) is 2.86. The van der Waals surface area contributed by atoms with Crippen molar-refractivity contribution in [1.82, 2.24) is 51.7 Å². The number of aromatic nitrogens is 2. The van der Waals surface area contributed by atoms with Crippen LogP contribution in [0.3, 0.4) is 0 Å². The topological polar surface area (TPSA) is 359 Å². The molecule has 1 aliphatic carbocycles. The molecule has 8 N–H and O–H groups in total. The number of aryl methyl sites for hydroxylation is 1. The number of carbonyl (C=O) groups is 10. The predicted molar refractivity (Wildman–Crippen MR) is 309 cm³/mol. The van der Waals surface area contributed by atoms with E-state index >= 15 is 4.39 Å². The van der Waals surface area contributed by atoms with E-state index in [0.29, 0.717) is 70.6 Å². The Morgan fingerprint density at radius 2 is 1.35 bits per heavy atom. The van der Waals surface area contributed by atoms with Gasteiger partial charge in [0.05, 0.1) is 108 Å². The van der Waals surface area contributed by atoms with E-state index in [9.17, 15) is 57.8 Å². The van der Waals surface area contributed by atoms with Crippen molar-refractivity contribution < 1.29 is 81.1 Å². The van der Waals surface area contributed by atoms with Gasteiger partial charge in [0.2, 0.25) is 41.4 Å². The Kier molecular flexibility index (Phi) is 22.7. The minimum absolute atomic E-state index is 0.00565. The fraction of sp³-hybridized carbons (Fsp3) is 0.467. The van der Waals surface area contributed by atoms with Crippen molar-refractivity contribution in [2.45, 2.75) is 89.6 Å². The quantitative estimate of drug-likeness (QED) is 0.0143. The second-order valence-electron chi connectivity index (χ2n) is 21.1. The second kappa shape index (κ2) is 30.7. The maximum Gasteiger partial charge on any atom is 0.343 e. The van der Waals surface area contributed by atoms with Crippen molar-refractivity contribution in [1.29, 1.82) is 0 Å². The van der Waals surface area contributed by atoms with Gasteiger partial charge in [0, 0.05) is 80.0 Å². The molecule has 2 aromatic heterocycles. The molecule has 28 heteroatoms.